The molecule has 0 aromatic carbocycles. The molecular formula is C10H18O3. The van der Waals surface area contributed by atoms with E-state index in [1.54, 1.807) is 0 Å². The average molecular weight is 186 g/mol. The number of aliphatic hydroxyl groups is 1. The van der Waals surface area contributed by atoms with Crippen LogP contribution >= 0.6 is 0 Å². The summed E-state index contributed by atoms with van der Waals surface area (Å²) < 4.78 is 11.0. The fourth-order valence-electron chi connectivity index (χ4n) is 2.23. The highest BCUT2D eigenvalue weighted by molar-refractivity contribution is 4.79. The molecular weight excluding hydrogens is 168 g/mol. The van der Waals surface area contributed by atoms with Crippen molar-refractivity contribution in [3.05, 3.63) is 0 Å². The third-order valence-electron chi connectivity index (χ3n) is 3.08. The minimum absolute atomic E-state index is 0.137. The molecule has 2 aliphatic heterocycles. The molecule has 2 heterocycles. The molecule has 1 N–H and O–H groups in total. The largest absolute Gasteiger partial charge is 0.393 e. The van der Waals surface area contributed by atoms with Crippen LogP contribution in [0, 0.1) is 5.92 Å². The lowest BCUT2D eigenvalue weighted by molar-refractivity contribution is -0.0898. The maximum absolute atomic E-state index is 9.50. The van der Waals surface area contributed by atoms with Gasteiger partial charge in [0, 0.05) is 19.8 Å². The molecule has 0 aliphatic carbocycles. The summed E-state index contributed by atoms with van der Waals surface area (Å²) in [6, 6.07) is 0. The Bertz CT molecular complexity index is 154. The van der Waals surface area contributed by atoms with Gasteiger partial charge in [0.1, 0.15) is 0 Å². The first-order valence-corrected chi connectivity index (χ1v) is 5.23. The second-order valence-corrected chi connectivity index (χ2v) is 4.04. The van der Waals surface area contributed by atoms with E-state index in [1.165, 1.54) is 0 Å². The molecule has 2 aliphatic rings. The molecule has 2 rings (SSSR count). The van der Waals surface area contributed by atoms with E-state index in [9.17, 15) is 5.11 Å². The van der Waals surface area contributed by atoms with Gasteiger partial charge in [-0.15, -0.1) is 0 Å². The van der Waals surface area contributed by atoms with Gasteiger partial charge in [-0.3, -0.25) is 0 Å². The molecule has 0 unspecified atom stereocenters. The Morgan fingerprint density at radius 3 is 2.46 bits per heavy atom. The number of hydrogen-bond donors (Lipinski definition) is 1. The van der Waals surface area contributed by atoms with E-state index < -0.39 is 0 Å². The molecule has 13 heavy (non-hydrogen) atoms. The van der Waals surface area contributed by atoms with Gasteiger partial charge in [0.15, 0.2) is 0 Å². The molecule has 0 aromatic rings. The fourth-order valence-corrected chi connectivity index (χ4v) is 2.23. The highest BCUT2D eigenvalue weighted by Gasteiger charge is 2.29. The standard InChI is InChI=1S/C10H18O3/c11-9-3-6-13-10(7-9)8-1-4-12-5-2-8/h8-11H,1-7H2/t9-,10-/m0/s1. The van der Waals surface area contributed by atoms with E-state index in [4.69, 9.17) is 9.47 Å². The van der Waals surface area contributed by atoms with Crippen LogP contribution in [0.4, 0.5) is 0 Å². The summed E-state index contributed by atoms with van der Waals surface area (Å²) in [6.45, 7) is 2.45. The van der Waals surface area contributed by atoms with Gasteiger partial charge in [-0.05, 0) is 31.6 Å². The zero-order valence-electron chi connectivity index (χ0n) is 7.95. The van der Waals surface area contributed by atoms with Crippen molar-refractivity contribution in [1.29, 1.82) is 0 Å². The van der Waals surface area contributed by atoms with Gasteiger partial charge in [0.25, 0.3) is 0 Å². The highest BCUT2D eigenvalue weighted by Crippen LogP contribution is 2.27. The summed E-state index contributed by atoms with van der Waals surface area (Å²) in [5, 5.41) is 9.50. The second kappa shape index (κ2) is 4.40. The van der Waals surface area contributed by atoms with Gasteiger partial charge in [-0.1, -0.05) is 0 Å². The van der Waals surface area contributed by atoms with Crippen LogP contribution in [-0.4, -0.2) is 37.1 Å². The van der Waals surface area contributed by atoms with Crippen molar-refractivity contribution >= 4 is 0 Å². The van der Waals surface area contributed by atoms with Crippen molar-refractivity contribution in [3.63, 3.8) is 0 Å². The highest BCUT2D eigenvalue weighted by atomic mass is 16.5. The molecule has 2 fully saturated rings. The van der Waals surface area contributed by atoms with E-state index in [2.05, 4.69) is 0 Å². The van der Waals surface area contributed by atoms with E-state index >= 15 is 0 Å². The predicted molar refractivity (Wildman–Crippen MR) is 48.5 cm³/mol. The topological polar surface area (TPSA) is 38.7 Å². The van der Waals surface area contributed by atoms with E-state index in [0.29, 0.717) is 5.92 Å². The first-order chi connectivity index (χ1) is 6.36. The molecule has 0 radical (unpaired) electrons. The predicted octanol–water partition coefficient (Wildman–Crippen LogP) is 0.953. The molecule has 76 valence electrons. The first kappa shape index (κ1) is 9.44. The molecule has 0 amide bonds. The van der Waals surface area contributed by atoms with Gasteiger partial charge in [0.05, 0.1) is 12.2 Å². The van der Waals surface area contributed by atoms with Crippen molar-refractivity contribution in [2.45, 2.75) is 37.9 Å². The smallest absolute Gasteiger partial charge is 0.0629 e. The molecule has 0 spiro atoms. The Kier molecular flexibility index (Phi) is 3.19. The van der Waals surface area contributed by atoms with Gasteiger partial charge in [-0.25, -0.2) is 0 Å². The van der Waals surface area contributed by atoms with Gasteiger partial charge < -0.3 is 14.6 Å². The third kappa shape index (κ3) is 2.42. The van der Waals surface area contributed by atoms with Crippen LogP contribution in [0.15, 0.2) is 0 Å². The number of rotatable bonds is 1. The Labute approximate surface area is 79.0 Å². The first-order valence-electron chi connectivity index (χ1n) is 5.23. The maximum atomic E-state index is 9.50. The number of aliphatic hydroxyl groups excluding tert-OH is 1. The summed E-state index contributed by atoms with van der Waals surface area (Å²) in [5.41, 5.74) is 0. The molecule has 2 saturated heterocycles. The molecule has 3 nitrogen and oxygen atoms in total. The minimum Gasteiger partial charge on any atom is -0.393 e. The van der Waals surface area contributed by atoms with Crippen molar-refractivity contribution < 1.29 is 14.6 Å². The summed E-state index contributed by atoms with van der Waals surface area (Å²) in [7, 11) is 0. The molecule has 2 atom stereocenters. The van der Waals surface area contributed by atoms with Crippen LogP contribution < -0.4 is 0 Å². The van der Waals surface area contributed by atoms with E-state index in [-0.39, 0.29) is 12.2 Å². The quantitative estimate of drug-likeness (QED) is 0.662. The fraction of sp³-hybridized carbons (Fsp3) is 1.00. The zero-order valence-corrected chi connectivity index (χ0v) is 7.95. The summed E-state index contributed by atoms with van der Waals surface area (Å²) in [6.07, 6.45) is 3.97. The molecule has 0 aromatic heterocycles. The number of hydrogen-bond acceptors (Lipinski definition) is 3. The van der Waals surface area contributed by atoms with Crippen molar-refractivity contribution in [3.8, 4) is 0 Å². The van der Waals surface area contributed by atoms with Crippen LogP contribution in [0.3, 0.4) is 0 Å². The average Bonchev–Trinajstić information content (AvgIpc) is 2.19. The van der Waals surface area contributed by atoms with Crippen LogP contribution in [0.5, 0.6) is 0 Å². The van der Waals surface area contributed by atoms with Crippen LogP contribution in [0.2, 0.25) is 0 Å². The Morgan fingerprint density at radius 1 is 1.00 bits per heavy atom. The van der Waals surface area contributed by atoms with E-state index in [0.717, 1.165) is 45.5 Å². The third-order valence-corrected chi connectivity index (χ3v) is 3.08. The van der Waals surface area contributed by atoms with Crippen LogP contribution in [-0.2, 0) is 9.47 Å². The Hall–Kier alpha value is -0.120. The Balaban J connectivity index is 1.83. The van der Waals surface area contributed by atoms with Crippen molar-refractivity contribution in [1.82, 2.24) is 0 Å². The molecule has 0 bridgehead atoms. The summed E-state index contributed by atoms with van der Waals surface area (Å²) >= 11 is 0. The maximum Gasteiger partial charge on any atom is 0.0629 e. The van der Waals surface area contributed by atoms with E-state index in [1.807, 2.05) is 0 Å². The van der Waals surface area contributed by atoms with Gasteiger partial charge in [0.2, 0.25) is 0 Å². The van der Waals surface area contributed by atoms with Crippen molar-refractivity contribution in [2.75, 3.05) is 19.8 Å². The molecule has 3 heteroatoms. The normalized spacial score (nSPS) is 37.6. The summed E-state index contributed by atoms with van der Waals surface area (Å²) in [5.74, 6) is 0.615. The lowest BCUT2D eigenvalue weighted by atomic mass is 9.88. The Morgan fingerprint density at radius 2 is 1.77 bits per heavy atom. The lowest BCUT2D eigenvalue weighted by Crippen LogP contribution is -2.37. The zero-order chi connectivity index (χ0) is 9.10. The number of ether oxygens (including phenoxy) is 2. The monoisotopic (exact) mass is 186 g/mol. The van der Waals surface area contributed by atoms with Crippen LogP contribution in [0.1, 0.15) is 25.7 Å². The molecule has 0 saturated carbocycles. The lowest BCUT2D eigenvalue weighted by Gasteiger charge is -2.34. The van der Waals surface area contributed by atoms with Crippen LogP contribution in [0.25, 0.3) is 0 Å². The summed E-state index contributed by atoms with van der Waals surface area (Å²) in [4.78, 5) is 0. The minimum atomic E-state index is -0.137. The van der Waals surface area contributed by atoms with Gasteiger partial charge >= 0.3 is 0 Å². The van der Waals surface area contributed by atoms with Crippen molar-refractivity contribution in [2.24, 2.45) is 5.92 Å². The van der Waals surface area contributed by atoms with Gasteiger partial charge in [-0.2, -0.15) is 0 Å². The SMILES string of the molecule is O[C@H]1CCO[C@H](C2CCOCC2)C1. The second-order valence-electron chi connectivity index (χ2n) is 4.04.